The lowest BCUT2D eigenvalue weighted by Gasteiger charge is -2.18. The second-order valence-corrected chi connectivity index (χ2v) is 16.5. The van der Waals surface area contributed by atoms with Gasteiger partial charge in [0.15, 0.2) is 5.58 Å². The lowest BCUT2D eigenvalue weighted by atomic mass is 9.86. The van der Waals surface area contributed by atoms with Crippen molar-refractivity contribution in [2.45, 2.75) is 0 Å². The van der Waals surface area contributed by atoms with Crippen LogP contribution in [0.5, 0.6) is 0 Å². The van der Waals surface area contributed by atoms with Gasteiger partial charge in [0.25, 0.3) is 0 Å². The first kappa shape index (κ1) is 36.1. The molecule has 0 atom stereocenters. The predicted molar refractivity (Wildman–Crippen MR) is 265 cm³/mol. The zero-order chi connectivity index (χ0) is 42.5. The van der Waals surface area contributed by atoms with Gasteiger partial charge in [-0.15, -0.1) is 0 Å². The van der Waals surface area contributed by atoms with Crippen LogP contribution < -0.4 is 10.9 Å². The Bertz CT molecular complexity index is 4110. The topological polar surface area (TPSA) is 60.4 Å². The monoisotopic (exact) mass is 818 g/mol. The van der Waals surface area contributed by atoms with Gasteiger partial charge in [0.2, 0.25) is 10.9 Å². The molecule has 0 fully saturated rings. The molecule has 2 aromatic heterocycles. The van der Waals surface area contributed by atoms with E-state index in [1.54, 1.807) is 12.1 Å². The van der Waals surface area contributed by atoms with Crippen LogP contribution in [-0.4, -0.2) is 0 Å². The lowest BCUT2D eigenvalue weighted by Crippen LogP contribution is -2.07. The third-order valence-electron chi connectivity index (χ3n) is 13.0. The van der Waals surface area contributed by atoms with Crippen molar-refractivity contribution in [3.63, 3.8) is 0 Å². The van der Waals surface area contributed by atoms with Crippen molar-refractivity contribution in [3.8, 4) is 44.5 Å². The van der Waals surface area contributed by atoms with E-state index in [4.69, 9.17) is 8.83 Å². The highest BCUT2D eigenvalue weighted by Gasteiger charge is 2.22. The fourth-order valence-corrected chi connectivity index (χ4v) is 10.3. The Balaban J connectivity index is 1.02. The van der Waals surface area contributed by atoms with Gasteiger partial charge >= 0.3 is 0 Å². The Labute approximate surface area is 365 Å². The van der Waals surface area contributed by atoms with Crippen molar-refractivity contribution in [2.24, 2.45) is 0 Å². The van der Waals surface area contributed by atoms with Crippen LogP contribution in [0, 0.1) is 0 Å². The van der Waals surface area contributed by atoms with Crippen LogP contribution >= 0.6 is 0 Å². The van der Waals surface area contributed by atoms with Crippen LogP contribution in [0.3, 0.4) is 0 Å². The van der Waals surface area contributed by atoms with Crippen molar-refractivity contribution in [1.29, 1.82) is 0 Å². The molecular formula is C60H34O4. The molecule has 298 valence electrons. The summed E-state index contributed by atoms with van der Waals surface area (Å²) >= 11 is 0. The number of rotatable bonds is 4. The molecule has 0 aliphatic rings. The van der Waals surface area contributed by atoms with Crippen LogP contribution in [0.1, 0.15) is 0 Å². The largest absolute Gasteiger partial charge is 0.456 e. The van der Waals surface area contributed by atoms with Gasteiger partial charge in [-0.2, -0.15) is 0 Å². The quantitative estimate of drug-likeness (QED) is 0.131. The van der Waals surface area contributed by atoms with Crippen molar-refractivity contribution in [1.82, 2.24) is 0 Å². The van der Waals surface area contributed by atoms with Crippen LogP contribution in [-0.2, 0) is 0 Å². The van der Waals surface area contributed by atoms with Gasteiger partial charge < -0.3 is 8.83 Å². The second-order valence-electron chi connectivity index (χ2n) is 16.5. The minimum absolute atomic E-state index is 0.209. The van der Waals surface area contributed by atoms with E-state index in [0.29, 0.717) is 32.9 Å². The summed E-state index contributed by atoms with van der Waals surface area (Å²) in [5.41, 5.74) is 9.48. The highest BCUT2D eigenvalue weighted by atomic mass is 16.3. The Morgan fingerprint density at radius 1 is 0.250 bits per heavy atom. The average Bonchev–Trinajstić information content (AvgIpc) is 3.35. The molecule has 11 aromatic carbocycles. The molecule has 13 aromatic rings. The van der Waals surface area contributed by atoms with Crippen LogP contribution in [0.2, 0.25) is 0 Å². The molecular weight excluding hydrogens is 785 g/mol. The second kappa shape index (κ2) is 14.0. The van der Waals surface area contributed by atoms with Gasteiger partial charge in [-0.25, -0.2) is 0 Å². The normalized spacial score (nSPS) is 11.9. The summed E-state index contributed by atoms with van der Waals surface area (Å²) in [7, 11) is 0. The molecule has 0 amide bonds. The van der Waals surface area contributed by atoms with Crippen molar-refractivity contribution in [3.05, 3.63) is 227 Å². The number of hydrogen-bond donors (Lipinski definition) is 0. The van der Waals surface area contributed by atoms with E-state index >= 15 is 0 Å². The standard InChI is InChI=1S/C60H34O4/c61-58-47-29-32-52-57(59(62)49-34-38(27-30-50(49)63-52)56-45-25-13-9-21-41(45)54(36-17-5-2-6-18-36)42-22-10-14-26-46(42)56)60(47)64-51-31-28-37(33-48(51)58)55-43-23-11-7-19-39(43)53(35-15-3-1-4-16-35)40-20-8-12-24-44(40)55/h1-34H. The highest BCUT2D eigenvalue weighted by Crippen LogP contribution is 2.46. The highest BCUT2D eigenvalue weighted by molar-refractivity contribution is 6.23. The first-order chi connectivity index (χ1) is 31.6. The number of benzene rings is 11. The van der Waals surface area contributed by atoms with Gasteiger partial charge in [-0.1, -0.05) is 170 Å². The zero-order valence-electron chi connectivity index (χ0n) is 34.3. The maximum atomic E-state index is 14.9. The Hall–Kier alpha value is -8.60. The van der Waals surface area contributed by atoms with E-state index in [2.05, 4.69) is 146 Å². The molecule has 13 rings (SSSR count). The molecule has 4 heteroatoms. The summed E-state index contributed by atoms with van der Waals surface area (Å²) in [6.07, 6.45) is 0. The fraction of sp³-hybridized carbons (Fsp3) is 0. The molecule has 0 aliphatic heterocycles. The van der Waals surface area contributed by atoms with Crippen LogP contribution in [0.4, 0.5) is 0 Å². The Morgan fingerprint density at radius 2 is 0.594 bits per heavy atom. The average molecular weight is 819 g/mol. The molecule has 0 saturated heterocycles. The van der Waals surface area contributed by atoms with Gasteiger partial charge in [0.1, 0.15) is 22.1 Å². The van der Waals surface area contributed by atoms with Crippen molar-refractivity contribution < 1.29 is 8.83 Å². The van der Waals surface area contributed by atoms with E-state index in [0.717, 1.165) is 76.5 Å². The van der Waals surface area contributed by atoms with Gasteiger partial charge in [-0.3, -0.25) is 9.59 Å². The molecule has 0 spiro atoms. The molecule has 64 heavy (non-hydrogen) atoms. The minimum Gasteiger partial charge on any atom is -0.456 e. The van der Waals surface area contributed by atoms with Gasteiger partial charge in [0, 0.05) is 0 Å². The molecule has 0 saturated carbocycles. The van der Waals surface area contributed by atoms with E-state index in [9.17, 15) is 9.59 Å². The van der Waals surface area contributed by atoms with Crippen molar-refractivity contribution in [2.75, 3.05) is 0 Å². The van der Waals surface area contributed by atoms with Gasteiger partial charge in [-0.05, 0) is 124 Å². The first-order valence-corrected chi connectivity index (χ1v) is 21.5. The maximum absolute atomic E-state index is 14.9. The summed E-state index contributed by atoms with van der Waals surface area (Å²) in [4.78, 5) is 29.6. The van der Waals surface area contributed by atoms with E-state index < -0.39 is 0 Å². The van der Waals surface area contributed by atoms with E-state index in [1.807, 2.05) is 48.5 Å². The molecule has 0 radical (unpaired) electrons. The first-order valence-electron chi connectivity index (χ1n) is 21.5. The lowest BCUT2D eigenvalue weighted by molar-refractivity contribution is 0.649. The van der Waals surface area contributed by atoms with Crippen molar-refractivity contribution >= 4 is 87.0 Å². The van der Waals surface area contributed by atoms with E-state index in [1.165, 1.54) is 11.1 Å². The fourth-order valence-electron chi connectivity index (χ4n) is 10.3. The summed E-state index contributed by atoms with van der Waals surface area (Å²) in [5, 5.41) is 10.3. The zero-order valence-corrected chi connectivity index (χ0v) is 34.3. The molecule has 4 nitrogen and oxygen atoms in total. The summed E-state index contributed by atoms with van der Waals surface area (Å²) in [5.74, 6) is 0. The van der Waals surface area contributed by atoms with E-state index in [-0.39, 0.29) is 21.8 Å². The molecule has 0 unspecified atom stereocenters. The number of fused-ring (bicyclic) bond motifs is 9. The summed E-state index contributed by atoms with van der Waals surface area (Å²) < 4.78 is 13.1. The Morgan fingerprint density at radius 3 is 1.02 bits per heavy atom. The maximum Gasteiger partial charge on any atom is 0.204 e. The minimum atomic E-state index is -0.256. The molecule has 0 N–H and O–H groups in total. The molecule has 0 bridgehead atoms. The third-order valence-corrected chi connectivity index (χ3v) is 13.0. The smallest absolute Gasteiger partial charge is 0.204 e. The summed E-state index contributed by atoms with van der Waals surface area (Å²) in [6, 6.07) is 69.9. The predicted octanol–water partition coefficient (Wildman–Crippen LogP) is 15.5. The number of hydrogen-bond acceptors (Lipinski definition) is 4. The summed E-state index contributed by atoms with van der Waals surface area (Å²) in [6.45, 7) is 0. The third kappa shape index (κ3) is 5.30. The SMILES string of the molecule is O=c1c2cc(-c3c4ccccc4c(-c4ccccc4)c4ccccc34)ccc2oc2c1ccc1oc3ccc(-c4c5ccccc5c(-c5ccccc5)c5ccccc45)cc3c(=O)c12. The Kier molecular flexibility index (Phi) is 7.87. The molecule has 2 heterocycles. The molecule has 0 aliphatic carbocycles. The van der Waals surface area contributed by atoms with Crippen LogP contribution in [0.15, 0.2) is 225 Å². The van der Waals surface area contributed by atoms with Gasteiger partial charge in [0.05, 0.1) is 16.2 Å². The van der Waals surface area contributed by atoms with Crippen LogP contribution in [0.25, 0.3) is 131 Å².